The maximum Gasteiger partial charge on any atom is 0.321 e. The van der Waals surface area contributed by atoms with Crippen LogP contribution in [-0.2, 0) is 21.1 Å². The number of imidazole rings is 2. The zero-order valence-electron chi connectivity index (χ0n) is 12.3. The molecule has 0 aromatic carbocycles. The number of hydrogen-bond donors (Lipinski definition) is 3. The largest absolute Gasteiger partial charge is 0.352 e. The fraction of sp³-hybridized carbons (Fsp3) is 0.417. The first-order valence-electron chi connectivity index (χ1n) is 7.20. The molecule has 3 aromatic rings. The fourth-order valence-electron chi connectivity index (χ4n) is 2.89. The van der Waals surface area contributed by atoms with Crippen molar-refractivity contribution in [1.29, 1.82) is 0 Å². The zero-order chi connectivity index (χ0) is 16.9. The zero-order valence-corrected chi connectivity index (χ0v) is 14.0. The van der Waals surface area contributed by atoms with Crippen molar-refractivity contribution >= 4 is 35.5 Å². The summed E-state index contributed by atoms with van der Waals surface area (Å²) in [5.74, 6) is 0.424. The molecule has 24 heavy (non-hydrogen) atoms. The Bertz CT molecular complexity index is 1010. The second kappa shape index (κ2) is 5.73. The first-order valence-corrected chi connectivity index (χ1v) is 9.82. The number of aromatic nitrogens is 5. The van der Waals surface area contributed by atoms with E-state index < -0.39 is 6.72 Å². The first kappa shape index (κ1) is 15.9. The third-order valence-electron chi connectivity index (χ3n) is 3.90. The quantitative estimate of drug-likeness (QED) is 0.558. The summed E-state index contributed by atoms with van der Waals surface area (Å²) in [6.07, 6.45) is 5.55. The Morgan fingerprint density at radius 2 is 2.29 bits per heavy atom. The summed E-state index contributed by atoms with van der Waals surface area (Å²) in [7, 11) is 0. The third-order valence-corrected chi connectivity index (χ3v) is 4.70. The molecule has 128 valence electrons. The van der Waals surface area contributed by atoms with Gasteiger partial charge in [-0.15, -0.1) is 0 Å². The van der Waals surface area contributed by atoms with Gasteiger partial charge in [0.05, 0.1) is 19.0 Å². The molecular weight excluding hydrogens is 357 g/mol. The van der Waals surface area contributed by atoms with Crippen molar-refractivity contribution in [2.75, 3.05) is 6.61 Å². The molecule has 3 aromatic heterocycles. The van der Waals surface area contributed by atoms with E-state index in [4.69, 9.17) is 19.0 Å². The maximum absolute atomic E-state index is 12.1. The van der Waals surface area contributed by atoms with Crippen molar-refractivity contribution in [3.8, 4) is 0 Å². The van der Waals surface area contributed by atoms with Crippen LogP contribution < -0.4 is 5.56 Å². The lowest BCUT2D eigenvalue weighted by atomic mass is 10.2. The van der Waals surface area contributed by atoms with Gasteiger partial charge in [0.15, 0.2) is 11.2 Å². The van der Waals surface area contributed by atoms with Gasteiger partial charge in [-0.3, -0.25) is 18.7 Å². The highest BCUT2D eigenvalue weighted by Crippen LogP contribution is 2.38. The van der Waals surface area contributed by atoms with Crippen molar-refractivity contribution in [2.45, 2.75) is 25.2 Å². The molecule has 4 heterocycles. The SMILES string of the molecule is O=c1[nH]c2nccn2c2c1ncn2[C@H]1CC[C@@H](COP(O)(O)=S)O1. The van der Waals surface area contributed by atoms with E-state index in [2.05, 4.69) is 26.8 Å². The van der Waals surface area contributed by atoms with Gasteiger partial charge in [-0.05, 0) is 24.6 Å². The van der Waals surface area contributed by atoms with Gasteiger partial charge in [-0.1, -0.05) is 0 Å². The Morgan fingerprint density at radius 1 is 1.46 bits per heavy atom. The molecule has 0 spiro atoms. The molecule has 0 aliphatic carbocycles. The van der Waals surface area contributed by atoms with Crippen LogP contribution in [0.1, 0.15) is 19.1 Å². The standard InChI is InChI=1S/C12H14N5O5PS/c18-10-9-11(16-4-3-13-12(16)15-10)17(6-14-9)8-2-1-7(22-8)5-21-23(19,20)24/h3-4,6-8H,1-2,5H2,(H,13,15,18)(H2,19,20,24)/t7-,8+/m0/s1. The molecule has 0 bridgehead atoms. The molecule has 10 nitrogen and oxygen atoms in total. The minimum absolute atomic E-state index is 0.00841. The summed E-state index contributed by atoms with van der Waals surface area (Å²) in [6.45, 7) is -3.68. The Morgan fingerprint density at radius 3 is 3.08 bits per heavy atom. The summed E-state index contributed by atoms with van der Waals surface area (Å²) in [6, 6.07) is 0. The Hall–Kier alpha value is -1.62. The van der Waals surface area contributed by atoms with E-state index in [9.17, 15) is 4.79 Å². The van der Waals surface area contributed by atoms with Gasteiger partial charge in [0.2, 0.25) is 5.78 Å². The van der Waals surface area contributed by atoms with Crippen molar-refractivity contribution in [3.63, 3.8) is 0 Å². The van der Waals surface area contributed by atoms with E-state index in [0.29, 0.717) is 29.8 Å². The minimum atomic E-state index is -3.69. The van der Waals surface area contributed by atoms with E-state index >= 15 is 0 Å². The van der Waals surface area contributed by atoms with Crippen molar-refractivity contribution in [2.24, 2.45) is 0 Å². The minimum Gasteiger partial charge on any atom is -0.352 e. The Labute approximate surface area is 139 Å². The van der Waals surface area contributed by atoms with E-state index in [1.807, 2.05) is 0 Å². The van der Waals surface area contributed by atoms with Crippen molar-refractivity contribution in [3.05, 3.63) is 29.1 Å². The van der Waals surface area contributed by atoms with Gasteiger partial charge >= 0.3 is 6.72 Å². The summed E-state index contributed by atoms with van der Waals surface area (Å²) < 4.78 is 14.2. The first-order chi connectivity index (χ1) is 11.4. The molecule has 0 radical (unpaired) electrons. The van der Waals surface area contributed by atoms with Crippen LogP contribution in [-0.4, -0.2) is 46.4 Å². The molecular formula is C12H14N5O5PS. The topological polar surface area (TPSA) is 127 Å². The second-order valence-corrected chi connectivity index (χ2v) is 8.14. The van der Waals surface area contributed by atoms with Crippen LogP contribution in [0.3, 0.4) is 0 Å². The van der Waals surface area contributed by atoms with Crippen LogP contribution in [0.15, 0.2) is 23.5 Å². The lowest BCUT2D eigenvalue weighted by molar-refractivity contribution is -0.0179. The van der Waals surface area contributed by atoms with Gasteiger partial charge in [-0.25, -0.2) is 9.97 Å². The van der Waals surface area contributed by atoms with Crippen molar-refractivity contribution in [1.82, 2.24) is 23.9 Å². The van der Waals surface area contributed by atoms with Crippen LogP contribution >= 0.6 is 6.72 Å². The highest BCUT2D eigenvalue weighted by Gasteiger charge is 2.30. The molecule has 0 unspecified atom stereocenters. The summed E-state index contributed by atoms with van der Waals surface area (Å²) in [5, 5.41) is 0. The fourth-order valence-corrected chi connectivity index (χ4v) is 3.43. The van der Waals surface area contributed by atoms with Gasteiger partial charge in [-0.2, -0.15) is 0 Å². The van der Waals surface area contributed by atoms with Crippen LogP contribution in [0.5, 0.6) is 0 Å². The maximum atomic E-state index is 12.1. The molecule has 1 fully saturated rings. The second-order valence-electron chi connectivity index (χ2n) is 5.48. The summed E-state index contributed by atoms with van der Waals surface area (Å²) in [5.41, 5.74) is 0.568. The summed E-state index contributed by atoms with van der Waals surface area (Å²) in [4.78, 5) is 41.3. The molecule has 12 heteroatoms. The molecule has 0 amide bonds. The Balaban J connectivity index is 1.66. The van der Waals surface area contributed by atoms with E-state index in [0.717, 1.165) is 0 Å². The predicted octanol–water partition coefficient (Wildman–Crippen LogP) is 0.276. The van der Waals surface area contributed by atoms with Gasteiger partial charge in [0, 0.05) is 12.4 Å². The summed E-state index contributed by atoms with van der Waals surface area (Å²) >= 11 is 4.43. The third kappa shape index (κ3) is 2.79. The highest BCUT2D eigenvalue weighted by atomic mass is 32.5. The van der Waals surface area contributed by atoms with E-state index in [-0.39, 0.29) is 24.5 Å². The van der Waals surface area contributed by atoms with Crippen molar-refractivity contribution < 1.29 is 19.0 Å². The van der Waals surface area contributed by atoms with E-state index in [1.165, 1.54) is 0 Å². The van der Waals surface area contributed by atoms with Gasteiger partial charge in [0.1, 0.15) is 6.23 Å². The molecule has 0 saturated carbocycles. The average Bonchev–Trinajstić information content (AvgIpc) is 3.22. The van der Waals surface area contributed by atoms with Gasteiger partial charge < -0.3 is 19.0 Å². The highest BCUT2D eigenvalue weighted by molar-refractivity contribution is 8.06. The Kier molecular flexibility index (Phi) is 3.79. The number of H-pyrrole nitrogens is 1. The number of aromatic amines is 1. The average molecular weight is 371 g/mol. The number of fused-ring (bicyclic) bond motifs is 3. The molecule has 1 aliphatic rings. The normalized spacial score (nSPS) is 21.9. The lowest BCUT2D eigenvalue weighted by Crippen LogP contribution is -2.17. The van der Waals surface area contributed by atoms with Crippen LogP contribution in [0.25, 0.3) is 16.9 Å². The van der Waals surface area contributed by atoms with Gasteiger partial charge in [0.25, 0.3) is 5.56 Å². The lowest BCUT2D eigenvalue weighted by Gasteiger charge is -2.17. The van der Waals surface area contributed by atoms with E-state index in [1.54, 1.807) is 27.7 Å². The predicted molar refractivity (Wildman–Crippen MR) is 86.9 cm³/mol. The molecule has 1 aliphatic heterocycles. The molecule has 2 atom stereocenters. The van der Waals surface area contributed by atoms with Crippen LogP contribution in [0, 0.1) is 0 Å². The smallest absolute Gasteiger partial charge is 0.321 e. The molecule has 4 rings (SSSR count). The number of rotatable bonds is 4. The molecule has 3 N–H and O–H groups in total. The van der Waals surface area contributed by atoms with Crippen LogP contribution in [0.2, 0.25) is 0 Å². The molecule has 1 saturated heterocycles. The monoisotopic (exact) mass is 371 g/mol. The number of nitrogens with zero attached hydrogens (tertiary/aromatic N) is 4. The number of ether oxygens (including phenoxy) is 1. The number of nitrogens with one attached hydrogen (secondary N) is 1. The van der Waals surface area contributed by atoms with Crippen LogP contribution in [0.4, 0.5) is 0 Å². The number of hydrogen-bond acceptors (Lipinski definition) is 6.